The van der Waals surface area contributed by atoms with E-state index in [9.17, 15) is 9.59 Å². The van der Waals surface area contributed by atoms with Crippen LogP contribution in [-0.2, 0) is 9.59 Å². The van der Waals surface area contributed by atoms with Gasteiger partial charge in [0.1, 0.15) is 0 Å². The van der Waals surface area contributed by atoms with E-state index in [1.165, 1.54) is 12.5 Å². The van der Waals surface area contributed by atoms with Crippen LogP contribution >= 0.6 is 0 Å². The molecule has 0 aliphatic heterocycles. The van der Waals surface area contributed by atoms with Crippen molar-refractivity contribution in [2.24, 2.45) is 5.92 Å². The molecular formula is C16H28N2O2. The normalized spacial score (nSPS) is 14.9. The number of hydrogen-bond acceptors (Lipinski definition) is 2. The summed E-state index contributed by atoms with van der Waals surface area (Å²) in [5.74, 6) is 0.281. The Balaban J connectivity index is 4.20. The smallest absolute Gasteiger partial charge is 0.220 e. The Bertz CT molecular complexity index is 373. The Hall–Kier alpha value is -1.58. The molecule has 114 valence electrons. The quantitative estimate of drug-likeness (QED) is 0.671. The number of carbonyl (C=O) groups is 2. The van der Waals surface area contributed by atoms with Crippen LogP contribution in [0.3, 0.4) is 0 Å². The zero-order valence-electron chi connectivity index (χ0n) is 13.3. The van der Waals surface area contributed by atoms with Crippen molar-refractivity contribution in [1.82, 2.24) is 10.6 Å². The summed E-state index contributed by atoms with van der Waals surface area (Å²) in [6.07, 6.45) is 8.55. The number of nitrogens with one attached hydrogen (secondary N) is 2. The van der Waals surface area contributed by atoms with Crippen molar-refractivity contribution >= 4 is 11.8 Å². The van der Waals surface area contributed by atoms with Gasteiger partial charge in [-0.15, -0.1) is 0 Å². The van der Waals surface area contributed by atoms with Gasteiger partial charge in [0.15, 0.2) is 0 Å². The summed E-state index contributed by atoms with van der Waals surface area (Å²) in [6, 6.07) is 0.189. The highest BCUT2D eigenvalue weighted by molar-refractivity contribution is 5.76. The van der Waals surface area contributed by atoms with Gasteiger partial charge in [0.2, 0.25) is 11.8 Å². The second-order valence-electron chi connectivity index (χ2n) is 5.15. The molecule has 20 heavy (non-hydrogen) atoms. The Morgan fingerprint density at radius 3 is 2.40 bits per heavy atom. The molecule has 4 nitrogen and oxygen atoms in total. The van der Waals surface area contributed by atoms with E-state index < -0.39 is 0 Å². The van der Waals surface area contributed by atoms with Crippen molar-refractivity contribution in [3.05, 3.63) is 23.8 Å². The van der Waals surface area contributed by atoms with Crippen molar-refractivity contribution < 1.29 is 9.59 Å². The third kappa shape index (κ3) is 8.51. The highest BCUT2D eigenvalue weighted by Gasteiger charge is 2.10. The minimum atomic E-state index is 0.00910. The molecule has 0 rings (SSSR count). The third-order valence-electron chi connectivity index (χ3n) is 3.20. The molecule has 0 saturated heterocycles. The number of hydrogen-bond donors (Lipinski definition) is 2. The first-order valence-electron chi connectivity index (χ1n) is 7.21. The fourth-order valence-electron chi connectivity index (χ4n) is 2.03. The van der Waals surface area contributed by atoms with E-state index in [1.54, 1.807) is 7.05 Å². The van der Waals surface area contributed by atoms with E-state index in [4.69, 9.17) is 0 Å². The van der Waals surface area contributed by atoms with E-state index in [2.05, 4.69) is 29.7 Å². The fraction of sp³-hybridized carbons (Fsp3) is 0.625. The molecule has 0 heterocycles. The molecule has 2 amide bonds. The molecule has 0 aliphatic rings. The summed E-state index contributed by atoms with van der Waals surface area (Å²) in [4.78, 5) is 22.2. The van der Waals surface area contributed by atoms with Gasteiger partial charge in [-0.2, -0.15) is 0 Å². The van der Waals surface area contributed by atoms with Gasteiger partial charge < -0.3 is 10.6 Å². The lowest BCUT2D eigenvalue weighted by atomic mass is 9.96. The minimum Gasteiger partial charge on any atom is -0.359 e. The van der Waals surface area contributed by atoms with Gasteiger partial charge in [-0.3, -0.25) is 9.59 Å². The standard InChI is InChI=1S/C16H28N2O2/c1-6-15(12(2)11-16(20)17-5)10-8-7-9-13(3)18-14(4)19/h6,8,10,12-13H,7,9,11H2,1-5H3,(H,17,20)(H,18,19)/b10-8-,15-6+/t12?,13-/m1/s1. The Morgan fingerprint density at radius 1 is 1.25 bits per heavy atom. The van der Waals surface area contributed by atoms with E-state index in [1.807, 2.05) is 19.9 Å². The molecule has 2 atom stereocenters. The molecule has 0 aromatic carbocycles. The number of rotatable bonds is 8. The van der Waals surface area contributed by atoms with Crippen LogP contribution in [0.4, 0.5) is 0 Å². The van der Waals surface area contributed by atoms with Crippen molar-refractivity contribution in [1.29, 1.82) is 0 Å². The topological polar surface area (TPSA) is 58.2 Å². The van der Waals surface area contributed by atoms with Gasteiger partial charge in [-0.1, -0.05) is 25.2 Å². The first-order chi connectivity index (χ1) is 9.40. The summed E-state index contributed by atoms with van der Waals surface area (Å²) in [6.45, 7) is 7.57. The first-order valence-corrected chi connectivity index (χ1v) is 7.21. The Morgan fingerprint density at radius 2 is 1.90 bits per heavy atom. The van der Waals surface area contributed by atoms with Crippen LogP contribution in [0.25, 0.3) is 0 Å². The third-order valence-corrected chi connectivity index (χ3v) is 3.20. The zero-order valence-corrected chi connectivity index (χ0v) is 13.3. The van der Waals surface area contributed by atoms with Crippen LogP contribution in [0.2, 0.25) is 0 Å². The molecule has 1 unspecified atom stereocenters. The lowest BCUT2D eigenvalue weighted by molar-refractivity contribution is -0.121. The average molecular weight is 280 g/mol. The van der Waals surface area contributed by atoms with Gasteiger partial charge in [-0.05, 0) is 38.2 Å². The molecule has 2 N–H and O–H groups in total. The highest BCUT2D eigenvalue weighted by atomic mass is 16.2. The lowest BCUT2D eigenvalue weighted by Gasteiger charge is -2.12. The summed E-state index contributed by atoms with van der Waals surface area (Å²) in [5.41, 5.74) is 1.17. The predicted octanol–water partition coefficient (Wildman–Crippen LogP) is 2.57. The van der Waals surface area contributed by atoms with E-state index >= 15 is 0 Å². The molecule has 0 aliphatic carbocycles. The van der Waals surface area contributed by atoms with E-state index in [0.29, 0.717) is 6.42 Å². The van der Waals surface area contributed by atoms with Gasteiger partial charge in [0.25, 0.3) is 0 Å². The van der Waals surface area contributed by atoms with Crippen LogP contribution < -0.4 is 10.6 Å². The van der Waals surface area contributed by atoms with Gasteiger partial charge in [0, 0.05) is 26.4 Å². The number of carbonyl (C=O) groups excluding carboxylic acids is 2. The zero-order chi connectivity index (χ0) is 15.5. The van der Waals surface area contributed by atoms with Gasteiger partial charge in [0.05, 0.1) is 0 Å². The molecule has 0 spiro atoms. The van der Waals surface area contributed by atoms with Crippen LogP contribution in [0.15, 0.2) is 23.8 Å². The van der Waals surface area contributed by atoms with Crippen LogP contribution in [0.1, 0.15) is 47.0 Å². The number of allylic oxidation sites excluding steroid dienone is 4. The predicted molar refractivity (Wildman–Crippen MR) is 83.3 cm³/mol. The van der Waals surface area contributed by atoms with Crippen molar-refractivity contribution in [2.45, 2.75) is 53.0 Å². The summed E-state index contributed by atoms with van der Waals surface area (Å²) < 4.78 is 0. The molecule has 0 radical (unpaired) electrons. The second kappa shape index (κ2) is 10.2. The molecule has 0 fully saturated rings. The Labute approximate surface area is 122 Å². The maximum atomic E-state index is 11.4. The largest absolute Gasteiger partial charge is 0.359 e. The van der Waals surface area contributed by atoms with Crippen molar-refractivity contribution in [2.75, 3.05) is 7.05 Å². The van der Waals surface area contributed by atoms with Crippen LogP contribution in [0, 0.1) is 5.92 Å². The summed E-state index contributed by atoms with van der Waals surface area (Å²) >= 11 is 0. The van der Waals surface area contributed by atoms with E-state index in [0.717, 1.165) is 12.8 Å². The van der Waals surface area contributed by atoms with Crippen molar-refractivity contribution in [3.63, 3.8) is 0 Å². The van der Waals surface area contributed by atoms with Crippen molar-refractivity contribution in [3.8, 4) is 0 Å². The molecule has 0 aromatic heterocycles. The minimum absolute atomic E-state index is 0.00910. The average Bonchev–Trinajstić information content (AvgIpc) is 2.37. The molecular weight excluding hydrogens is 252 g/mol. The maximum Gasteiger partial charge on any atom is 0.220 e. The van der Waals surface area contributed by atoms with E-state index in [-0.39, 0.29) is 23.8 Å². The lowest BCUT2D eigenvalue weighted by Crippen LogP contribution is -2.29. The monoisotopic (exact) mass is 280 g/mol. The maximum absolute atomic E-state index is 11.4. The molecule has 4 heteroatoms. The van der Waals surface area contributed by atoms with Crippen LogP contribution in [0.5, 0.6) is 0 Å². The molecule has 0 bridgehead atoms. The highest BCUT2D eigenvalue weighted by Crippen LogP contribution is 2.16. The fourth-order valence-corrected chi connectivity index (χ4v) is 2.03. The summed E-state index contributed by atoms with van der Waals surface area (Å²) in [7, 11) is 1.66. The van der Waals surface area contributed by atoms with Crippen LogP contribution in [-0.4, -0.2) is 24.9 Å². The number of amides is 2. The summed E-state index contributed by atoms with van der Waals surface area (Å²) in [5, 5.41) is 5.51. The SMILES string of the molecule is C/C=C(\C=C/CC[C@@H](C)NC(C)=O)C(C)CC(=O)NC. The second-order valence-corrected chi connectivity index (χ2v) is 5.15. The molecule has 0 aromatic rings. The Kier molecular flexibility index (Phi) is 9.43. The molecule has 0 saturated carbocycles. The van der Waals surface area contributed by atoms with Gasteiger partial charge >= 0.3 is 0 Å². The first kappa shape index (κ1) is 18.4. The van der Waals surface area contributed by atoms with Gasteiger partial charge in [-0.25, -0.2) is 0 Å².